The summed E-state index contributed by atoms with van der Waals surface area (Å²) < 4.78 is 51.4. The van der Waals surface area contributed by atoms with Crippen molar-refractivity contribution in [3.63, 3.8) is 0 Å². The van der Waals surface area contributed by atoms with Gasteiger partial charge in [-0.05, 0) is 87.4 Å². The Kier molecular flexibility index (Phi) is 7.14. The highest BCUT2D eigenvalue weighted by Gasteiger charge is 2.34. The molecule has 192 valence electrons. The number of anilines is 2. The molecule has 1 aliphatic rings. The number of nitrogens with zero attached hydrogens (tertiary/aromatic N) is 3. The average Bonchev–Trinajstić information content (AvgIpc) is 2.89. The molecule has 0 aliphatic carbocycles. The Bertz CT molecular complexity index is 1350. The maximum atomic E-state index is 13.3. The van der Waals surface area contributed by atoms with Crippen LogP contribution in [0, 0.1) is 5.92 Å². The van der Waals surface area contributed by atoms with Crippen molar-refractivity contribution in [2.75, 3.05) is 32.1 Å². The maximum Gasteiger partial charge on any atom is 0.419 e. The van der Waals surface area contributed by atoms with E-state index in [4.69, 9.17) is 9.47 Å². The van der Waals surface area contributed by atoms with E-state index in [1.54, 1.807) is 24.3 Å². The second-order valence-electron chi connectivity index (χ2n) is 9.17. The lowest BCUT2D eigenvalue weighted by Crippen LogP contribution is -2.32. The quantitative estimate of drug-likeness (QED) is 0.293. The molecular weight excluding hydrogens is 481 g/mol. The number of fused-ring (bicyclic) bond motifs is 1. The highest BCUT2D eigenvalue weighted by molar-refractivity contribution is 5.91. The van der Waals surface area contributed by atoms with Crippen LogP contribution < -0.4 is 14.8 Å². The van der Waals surface area contributed by atoms with Crippen molar-refractivity contribution >= 4 is 22.4 Å². The predicted octanol–water partition coefficient (Wildman–Crippen LogP) is 6.91. The first-order valence-corrected chi connectivity index (χ1v) is 12.1. The molecule has 4 aromatic rings. The summed E-state index contributed by atoms with van der Waals surface area (Å²) in [6, 6.07) is 19.7. The first-order valence-electron chi connectivity index (χ1n) is 12.1. The van der Waals surface area contributed by atoms with E-state index in [9.17, 15) is 13.2 Å². The van der Waals surface area contributed by atoms with E-state index in [0.29, 0.717) is 30.0 Å². The number of benzene rings is 3. The standard InChI is InChI=1S/C28H27F3N4O2/c1-35-16-14-19(15-17-35)18-36-27-33-24-8-4-2-6-22(24)26(34-27)32-20-10-12-21(13-11-20)37-25-9-5-3-7-23(25)28(29,30)31/h2-13,19H,14-18H2,1H3,(H,32,33,34). The van der Waals surface area contributed by atoms with Gasteiger partial charge in [-0.2, -0.15) is 23.1 Å². The third-order valence-corrected chi connectivity index (χ3v) is 6.41. The van der Waals surface area contributed by atoms with Crippen LogP contribution in [-0.4, -0.2) is 41.6 Å². The number of halogens is 3. The van der Waals surface area contributed by atoms with E-state index in [1.165, 1.54) is 18.2 Å². The highest BCUT2D eigenvalue weighted by Crippen LogP contribution is 2.38. The summed E-state index contributed by atoms with van der Waals surface area (Å²) >= 11 is 0. The minimum atomic E-state index is -4.50. The van der Waals surface area contributed by atoms with Crippen molar-refractivity contribution in [3.8, 4) is 17.5 Å². The minimum Gasteiger partial charge on any atom is -0.463 e. The zero-order chi connectivity index (χ0) is 25.8. The van der Waals surface area contributed by atoms with Crippen molar-refractivity contribution in [3.05, 3.63) is 78.4 Å². The largest absolute Gasteiger partial charge is 0.463 e. The zero-order valence-electron chi connectivity index (χ0n) is 20.3. The molecule has 6 nitrogen and oxygen atoms in total. The second-order valence-corrected chi connectivity index (χ2v) is 9.17. The van der Waals surface area contributed by atoms with Gasteiger partial charge in [-0.3, -0.25) is 0 Å². The van der Waals surface area contributed by atoms with Crippen molar-refractivity contribution in [2.45, 2.75) is 19.0 Å². The van der Waals surface area contributed by atoms with Gasteiger partial charge >= 0.3 is 12.2 Å². The molecule has 1 aromatic heterocycles. The number of hydrogen-bond acceptors (Lipinski definition) is 6. The normalized spacial score (nSPS) is 15.0. The van der Waals surface area contributed by atoms with Gasteiger partial charge in [0, 0.05) is 11.1 Å². The van der Waals surface area contributed by atoms with Crippen LogP contribution in [0.3, 0.4) is 0 Å². The van der Waals surface area contributed by atoms with Crippen LogP contribution in [-0.2, 0) is 6.18 Å². The molecule has 1 saturated heterocycles. The van der Waals surface area contributed by atoms with Gasteiger partial charge in [0.1, 0.15) is 17.3 Å². The predicted molar refractivity (Wildman–Crippen MR) is 136 cm³/mol. The maximum absolute atomic E-state index is 13.3. The minimum absolute atomic E-state index is 0.246. The number of aromatic nitrogens is 2. The van der Waals surface area contributed by atoms with E-state index in [-0.39, 0.29) is 11.5 Å². The smallest absolute Gasteiger partial charge is 0.419 e. The van der Waals surface area contributed by atoms with Gasteiger partial charge in [-0.25, -0.2) is 0 Å². The summed E-state index contributed by atoms with van der Waals surface area (Å²) in [7, 11) is 2.13. The molecule has 0 atom stereocenters. The van der Waals surface area contributed by atoms with Crippen LogP contribution in [0.1, 0.15) is 18.4 Å². The Morgan fingerprint density at radius 1 is 0.919 bits per heavy atom. The molecule has 0 bridgehead atoms. The lowest BCUT2D eigenvalue weighted by molar-refractivity contribution is -0.138. The molecule has 1 fully saturated rings. The summed E-state index contributed by atoms with van der Waals surface area (Å²) in [6.45, 7) is 2.68. The number of ether oxygens (including phenoxy) is 2. The summed E-state index contributed by atoms with van der Waals surface area (Å²) in [5.41, 5.74) is 0.626. The third kappa shape index (κ3) is 6.11. The summed E-state index contributed by atoms with van der Waals surface area (Å²) in [5, 5.41) is 4.11. The molecule has 0 unspecified atom stereocenters. The number of alkyl halides is 3. The number of para-hydroxylation sites is 2. The molecule has 1 N–H and O–H groups in total. The molecule has 5 rings (SSSR count). The highest BCUT2D eigenvalue weighted by atomic mass is 19.4. The van der Waals surface area contributed by atoms with E-state index in [2.05, 4.69) is 27.2 Å². The van der Waals surface area contributed by atoms with Crippen molar-refractivity contribution in [1.29, 1.82) is 0 Å². The van der Waals surface area contributed by atoms with Gasteiger partial charge in [-0.15, -0.1) is 0 Å². The van der Waals surface area contributed by atoms with Gasteiger partial charge < -0.3 is 19.7 Å². The van der Waals surface area contributed by atoms with E-state index < -0.39 is 11.7 Å². The van der Waals surface area contributed by atoms with Crippen LogP contribution in [0.2, 0.25) is 0 Å². The fourth-order valence-corrected chi connectivity index (χ4v) is 4.30. The monoisotopic (exact) mass is 508 g/mol. The number of rotatable bonds is 7. The van der Waals surface area contributed by atoms with Crippen LogP contribution in [0.5, 0.6) is 17.5 Å². The van der Waals surface area contributed by atoms with Crippen LogP contribution >= 0.6 is 0 Å². The fraction of sp³-hybridized carbons (Fsp3) is 0.286. The van der Waals surface area contributed by atoms with Gasteiger partial charge in [0.2, 0.25) is 0 Å². The fourth-order valence-electron chi connectivity index (χ4n) is 4.30. The molecule has 0 amide bonds. The molecule has 0 saturated carbocycles. The molecule has 0 radical (unpaired) electrons. The van der Waals surface area contributed by atoms with E-state index in [1.807, 2.05) is 24.3 Å². The molecule has 37 heavy (non-hydrogen) atoms. The lowest BCUT2D eigenvalue weighted by Gasteiger charge is -2.28. The van der Waals surface area contributed by atoms with Crippen LogP contribution in [0.25, 0.3) is 10.9 Å². The second kappa shape index (κ2) is 10.6. The first-order chi connectivity index (χ1) is 17.8. The molecule has 2 heterocycles. The molecule has 1 aliphatic heterocycles. The number of piperidine rings is 1. The van der Waals surface area contributed by atoms with E-state index >= 15 is 0 Å². The average molecular weight is 509 g/mol. The number of nitrogens with one attached hydrogen (secondary N) is 1. The van der Waals surface area contributed by atoms with Gasteiger partial charge in [-0.1, -0.05) is 24.3 Å². The van der Waals surface area contributed by atoms with Gasteiger partial charge in [0.05, 0.1) is 17.7 Å². The number of likely N-dealkylation sites (tertiary alicyclic amines) is 1. The Morgan fingerprint density at radius 3 is 2.38 bits per heavy atom. The number of hydrogen-bond donors (Lipinski definition) is 1. The zero-order valence-corrected chi connectivity index (χ0v) is 20.3. The Hall–Kier alpha value is -3.85. The summed E-state index contributed by atoms with van der Waals surface area (Å²) in [4.78, 5) is 11.5. The van der Waals surface area contributed by atoms with Crippen molar-refractivity contribution in [2.24, 2.45) is 5.92 Å². The van der Waals surface area contributed by atoms with Gasteiger partial charge in [0.25, 0.3) is 0 Å². The first kappa shape index (κ1) is 24.8. The van der Waals surface area contributed by atoms with Crippen molar-refractivity contribution < 1.29 is 22.6 Å². The lowest BCUT2D eigenvalue weighted by atomic mass is 9.98. The topological polar surface area (TPSA) is 59.5 Å². The Balaban J connectivity index is 1.32. The van der Waals surface area contributed by atoms with E-state index in [0.717, 1.165) is 42.9 Å². The van der Waals surface area contributed by atoms with Crippen LogP contribution in [0.4, 0.5) is 24.7 Å². The molecule has 9 heteroatoms. The van der Waals surface area contributed by atoms with Crippen LogP contribution in [0.15, 0.2) is 72.8 Å². The summed E-state index contributed by atoms with van der Waals surface area (Å²) in [5.74, 6) is 1.10. The molecule has 0 spiro atoms. The van der Waals surface area contributed by atoms with Gasteiger partial charge in [0.15, 0.2) is 0 Å². The Labute approximate surface area is 213 Å². The van der Waals surface area contributed by atoms with Crippen molar-refractivity contribution in [1.82, 2.24) is 14.9 Å². The Morgan fingerprint density at radius 2 is 1.62 bits per heavy atom. The molecular formula is C28H27F3N4O2. The summed E-state index contributed by atoms with van der Waals surface area (Å²) in [6.07, 6.45) is -2.34. The molecule has 3 aromatic carbocycles. The SMILES string of the molecule is CN1CCC(COc2nc(Nc3ccc(Oc4ccccc4C(F)(F)F)cc3)c3ccccc3n2)CC1. The third-order valence-electron chi connectivity index (χ3n) is 6.41.